The molecule has 0 aliphatic heterocycles. The molecule has 1 N–H and O–H groups in total. The third kappa shape index (κ3) is 3.27. The molecule has 0 saturated heterocycles. The highest BCUT2D eigenvalue weighted by Gasteiger charge is 2.16. The van der Waals surface area contributed by atoms with Crippen molar-refractivity contribution >= 4 is 15.9 Å². The van der Waals surface area contributed by atoms with Crippen LogP contribution in [0.3, 0.4) is 0 Å². The van der Waals surface area contributed by atoms with Crippen LogP contribution in [0.2, 0.25) is 0 Å². The summed E-state index contributed by atoms with van der Waals surface area (Å²) in [6.45, 7) is 7.32. The number of likely N-dealkylation sites (N-methyl/N-ethyl adjacent to an activating group) is 1. The maximum absolute atomic E-state index is 4.33. The minimum atomic E-state index is 0.258. The number of nitrogens with one attached hydrogen (secondary N) is 1. The van der Waals surface area contributed by atoms with Crippen molar-refractivity contribution in [3.05, 3.63) is 45.4 Å². The molecule has 0 aliphatic rings. The highest BCUT2D eigenvalue weighted by molar-refractivity contribution is 9.10. The summed E-state index contributed by atoms with van der Waals surface area (Å²) in [7, 11) is 1.93. The van der Waals surface area contributed by atoms with Gasteiger partial charge in [-0.05, 0) is 37.1 Å². The quantitative estimate of drug-likeness (QED) is 0.912. The summed E-state index contributed by atoms with van der Waals surface area (Å²) in [6, 6.07) is 4.73. The average molecular weight is 337 g/mol. The van der Waals surface area contributed by atoms with Gasteiger partial charge in [-0.3, -0.25) is 4.68 Å². The fourth-order valence-corrected chi connectivity index (χ4v) is 2.65. The molecule has 1 atom stereocenters. The van der Waals surface area contributed by atoms with Crippen LogP contribution in [0, 0.1) is 13.8 Å². The van der Waals surface area contributed by atoms with Crippen LogP contribution in [0.15, 0.2) is 22.9 Å². The summed E-state index contributed by atoms with van der Waals surface area (Å²) in [6.07, 6.45) is 2.45. The maximum Gasteiger partial charge on any atom is 0.138 e. The summed E-state index contributed by atoms with van der Waals surface area (Å²) in [5, 5.41) is 7.68. The Morgan fingerprint density at radius 1 is 1.30 bits per heavy atom. The molecule has 2 rings (SSSR count). The number of nitrogens with zero attached hydrogens (tertiary/aromatic N) is 3. The van der Waals surface area contributed by atoms with Gasteiger partial charge >= 0.3 is 0 Å². The predicted octanol–water partition coefficient (Wildman–Crippen LogP) is 3.09. The summed E-state index contributed by atoms with van der Waals surface area (Å²) < 4.78 is 3.03. The fourth-order valence-electron chi connectivity index (χ4n) is 2.42. The van der Waals surface area contributed by atoms with Crippen molar-refractivity contribution in [2.24, 2.45) is 7.05 Å². The smallest absolute Gasteiger partial charge is 0.138 e. The molecule has 0 radical (unpaired) electrons. The number of halogens is 1. The van der Waals surface area contributed by atoms with Crippen LogP contribution in [-0.4, -0.2) is 21.3 Å². The first-order valence-electron chi connectivity index (χ1n) is 6.85. The first-order valence-corrected chi connectivity index (χ1v) is 7.65. The summed E-state index contributed by atoms with van der Waals surface area (Å²) in [5.74, 6) is 0.995. The Morgan fingerprint density at radius 2 is 1.95 bits per heavy atom. The lowest BCUT2D eigenvalue weighted by atomic mass is 9.98. The zero-order valence-electron chi connectivity index (χ0n) is 12.4. The van der Waals surface area contributed by atoms with Crippen LogP contribution in [0.25, 0.3) is 0 Å². The zero-order chi connectivity index (χ0) is 14.7. The van der Waals surface area contributed by atoms with Gasteiger partial charge in [0.2, 0.25) is 0 Å². The molecule has 108 valence electrons. The molecule has 5 heteroatoms. The Labute approximate surface area is 128 Å². The first kappa shape index (κ1) is 15.2. The van der Waals surface area contributed by atoms with E-state index >= 15 is 0 Å². The molecular formula is C15H21BrN4. The zero-order valence-corrected chi connectivity index (χ0v) is 14.0. The fraction of sp³-hybridized carbons (Fsp3) is 0.467. The number of aryl methyl sites for hydroxylation is 3. The molecule has 0 amide bonds. The minimum Gasteiger partial charge on any atom is -0.310 e. The Hall–Kier alpha value is -1.20. The van der Waals surface area contributed by atoms with Crippen molar-refractivity contribution in [1.29, 1.82) is 0 Å². The van der Waals surface area contributed by atoms with Gasteiger partial charge in [-0.25, -0.2) is 4.98 Å². The third-order valence-electron chi connectivity index (χ3n) is 3.50. The van der Waals surface area contributed by atoms with E-state index in [-0.39, 0.29) is 6.04 Å². The monoisotopic (exact) mass is 336 g/mol. The van der Waals surface area contributed by atoms with Crippen molar-refractivity contribution in [2.75, 3.05) is 6.54 Å². The number of hydrogen-bond donors (Lipinski definition) is 1. The van der Waals surface area contributed by atoms with E-state index in [0.717, 1.165) is 18.8 Å². The van der Waals surface area contributed by atoms with Crippen LogP contribution < -0.4 is 5.32 Å². The molecule has 0 fully saturated rings. The van der Waals surface area contributed by atoms with Crippen LogP contribution in [0.4, 0.5) is 0 Å². The van der Waals surface area contributed by atoms with E-state index in [1.807, 2.05) is 11.7 Å². The topological polar surface area (TPSA) is 42.7 Å². The second-order valence-electron chi connectivity index (χ2n) is 5.08. The predicted molar refractivity (Wildman–Crippen MR) is 84.7 cm³/mol. The Morgan fingerprint density at radius 3 is 2.45 bits per heavy atom. The van der Waals surface area contributed by atoms with Crippen molar-refractivity contribution in [2.45, 2.75) is 33.2 Å². The number of hydrogen-bond acceptors (Lipinski definition) is 3. The molecule has 2 aromatic rings. The van der Waals surface area contributed by atoms with Gasteiger partial charge in [0.05, 0.1) is 0 Å². The van der Waals surface area contributed by atoms with Gasteiger partial charge in [0.25, 0.3) is 0 Å². The van der Waals surface area contributed by atoms with Gasteiger partial charge in [-0.2, -0.15) is 5.10 Å². The first-order chi connectivity index (χ1) is 9.52. The van der Waals surface area contributed by atoms with Crippen LogP contribution >= 0.6 is 15.9 Å². The third-order valence-corrected chi connectivity index (χ3v) is 4.75. The summed E-state index contributed by atoms with van der Waals surface area (Å²) in [5.41, 5.74) is 3.83. The van der Waals surface area contributed by atoms with Crippen molar-refractivity contribution in [1.82, 2.24) is 20.1 Å². The van der Waals surface area contributed by atoms with Gasteiger partial charge in [0.1, 0.15) is 12.2 Å². The van der Waals surface area contributed by atoms with E-state index in [1.165, 1.54) is 21.2 Å². The lowest BCUT2D eigenvalue weighted by Crippen LogP contribution is -2.24. The molecule has 0 saturated carbocycles. The van der Waals surface area contributed by atoms with E-state index < -0.39 is 0 Å². The molecule has 1 unspecified atom stereocenters. The van der Waals surface area contributed by atoms with Crippen molar-refractivity contribution in [3.8, 4) is 0 Å². The molecule has 4 nitrogen and oxygen atoms in total. The maximum atomic E-state index is 4.33. The van der Waals surface area contributed by atoms with E-state index in [1.54, 1.807) is 6.33 Å². The lowest BCUT2D eigenvalue weighted by molar-refractivity contribution is 0.521. The second-order valence-corrected chi connectivity index (χ2v) is 5.88. The Kier molecular flexibility index (Phi) is 4.94. The van der Waals surface area contributed by atoms with E-state index in [9.17, 15) is 0 Å². The lowest BCUT2D eigenvalue weighted by Gasteiger charge is -2.20. The molecule has 0 aliphatic carbocycles. The van der Waals surface area contributed by atoms with E-state index in [2.05, 4.69) is 64.2 Å². The van der Waals surface area contributed by atoms with Crippen LogP contribution in [0.1, 0.15) is 35.5 Å². The van der Waals surface area contributed by atoms with Gasteiger partial charge in [-0.15, -0.1) is 0 Å². The Bertz CT molecular complexity index is 568. The van der Waals surface area contributed by atoms with Crippen LogP contribution in [0.5, 0.6) is 0 Å². The number of aromatic nitrogens is 3. The highest BCUT2D eigenvalue weighted by atomic mass is 79.9. The van der Waals surface area contributed by atoms with E-state index in [0.29, 0.717) is 0 Å². The van der Waals surface area contributed by atoms with Crippen LogP contribution in [-0.2, 0) is 13.5 Å². The van der Waals surface area contributed by atoms with E-state index in [4.69, 9.17) is 0 Å². The molecule has 1 aromatic carbocycles. The highest BCUT2D eigenvalue weighted by Crippen LogP contribution is 2.27. The SMILES string of the molecule is CCNC(Cc1ncnn1C)c1cc(C)c(Br)c(C)c1. The number of rotatable bonds is 5. The standard InChI is InChI=1S/C15H21BrN4/c1-5-17-13(8-14-18-9-19-20(14)4)12-6-10(2)15(16)11(3)7-12/h6-7,9,13,17H,5,8H2,1-4H3. The summed E-state index contributed by atoms with van der Waals surface area (Å²) >= 11 is 3.63. The van der Waals surface area contributed by atoms with Crippen molar-refractivity contribution in [3.63, 3.8) is 0 Å². The second kappa shape index (κ2) is 6.50. The average Bonchev–Trinajstić information content (AvgIpc) is 2.80. The van der Waals surface area contributed by atoms with Gasteiger partial charge in [0.15, 0.2) is 0 Å². The van der Waals surface area contributed by atoms with Gasteiger partial charge in [-0.1, -0.05) is 35.0 Å². The molecule has 0 spiro atoms. The molecule has 1 aromatic heterocycles. The molecule has 1 heterocycles. The molecular weight excluding hydrogens is 316 g/mol. The number of benzene rings is 1. The summed E-state index contributed by atoms with van der Waals surface area (Å²) in [4.78, 5) is 4.33. The largest absolute Gasteiger partial charge is 0.310 e. The van der Waals surface area contributed by atoms with Gasteiger partial charge in [0, 0.05) is 24.0 Å². The molecule has 20 heavy (non-hydrogen) atoms. The van der Waals surface area contributed by atoms with Gasteiger partial charge < -0.3 is 5.32 Å². The normalized spacial score (nSPS) is 12.7. The minimum absolute atomic E-state index is 0.258. The van der Waals surface area contributed by atoms with Crippen molar-refractivity contribution < 1.29 is 0 Å². The molecule has 0 bridgehead atoms. The Balaban J connectivity index is 2.31.